The van der Waals surface area contributed by atoms with Gasteiger partial charge in [-0.05, 0) is 86.0 Å². The maximum atomic E-state index is 16.8. The number of ketones is 1. The Morgan fingerprint density at radius 3 is 2.42 bits per heavy atom. The van der Waals surface area contributed by atoms with Crippen molar-refractivity contribution in [2.24, 2.45) is 22.7 Å². The molecule has 3 saturated heterocycles. The van der Waals surface area contributed by atoms with Gasteiger partial charge in [-0.15, -0.1) is 0 Å². The number of methoxy groups -OCH3 is 1. The standard InChI is InChI=1S/C41H61FN6O9/c1-23-20-39(6,53-11)35(56-36-32(49)30(45(9)10)19-24(2)54-36)26(4)34(50)40(7,42)37(51)55-27(5)41(8)33-25(3)31(23)44-22-47(48(33)38(52)57-41)18-14-17-46-21-43-28-15-12-13-16-29(28)46/h12-13,15-16,21,23-27,30,32-33,35-36,49H,14,17-20,22H2,1-11H3/t23-,24-,25-,26+,27+,30+,32-,33-,35-,36+,39+,40?,41-/m1/s1. The minimum absolute atomic E-state index is 0.136. The van der Waals surface area contributed by atoms with Gasteiger partial charge in [0.1, 0.15) is 24.9 Å². The van der Waals surface area contributed by atoms with Crippen LogP contribution in [0, 0.1) is 17.8 Å². The second kappa shape index (κ2) is 16.3. The number of aromatic nitrogens is 2. The highest BCUT2D eigenvalue weighted by atomic mass is 19.1. The fraction of sp³-hybridized carbons (Fsp3) is 0.732. The molecule has 6 rings (SSSR count). The number of fused-ring (bicyclic) bond motifs is 2. The van der Waals surface area contributed by atoms with Gasteiger partial charge < -0.3 is 38.3 Å². The number of carbonyl (C=O) groups excluding carboxylic acids is 3. The van der Waals surface area contributed by atoms with Crippen molar-refractivity contribution in [2.75, 3.05) is 34.4 Å². The number of Topliss-reactive ketones (excluding diaryl/α,β-unsaturated/α-hetero) is 1. The van der Waals surface area contributed by atoms with Crippen LogP contribution in [0.4, 0.5) is 9.18 Å². The van der Waals surface area contributed by atoms with E-state index in [-0.39, 0.29) is 31.2 Å². The molecule has 316 valence electrons. The number of esters is 1. The fourth-order valence-electron chi connectivity index (χ4n) is 9.58. The Morgan fingerprint density at radius 1 is 1.04 bits per heavy atom. The summed E-state index contributed by atoms with van der Waals surface area (Å²) in [5.41, 5.74) is -3.25. The van der Waals surface area contributed by atoms with Crippen molar-refractivity contribution in [3.8, 4) is 0 Å². The number of ether oxygens (including phenoxy) is 5. The molecule has 15 nitrogen and oxygen atoms in total. The summed E-state index contributed by atoms with van der Waals surface area (Å²) in [6, 6.07) is 6.82. The largest absolute Gasteiger partial charge is 0.456 e. The van der Waals surface area contributed by atoms with Crippen LogP contribution in [-0.4, -0.2) is 147 Å². The molecule has 4 aliphatic heterocycles. The summed E-state index contributed by atoms with van der Waals surface area (Å²) in [4.78, 5) is 53.7. The van der Waals surface area contributed by atoms with Gasteiger partial charge in [-0.3, -0.25) is 9.79 Å². The van der Waals surface area contributed by atoms with Crippen molar-refractivity contribution >= 4 is 34.6 Å². The monoisotopic (exact) mass is 800 g/mol. The third-order valence-electron chi connectivity index (χ3n) is 13.0. The lowest BCUT2D eigenvalue weighted by Gasteiger charge is -2.47. The number of aliphatic hydroxyl groups excluding tert-OH is 1. The first kappa shape index (κ1) is 43.0. The summed E-state index contributed by atoms with van der Waals surface area (Å²) in [5.74, 6) is -4.56. The maximum absolute atomic E-state index is 16.8. The van der Waals surface area contributed by atoms with E-state index in [4.69, 9.17) is 28.7 Å². The van der Waals surface area contributed by atoms with Crippen molar-refractivity contribution in [3.63, 3.8) is 0 Å². The SMILES string of the molecule is CO[C@@]1(C)C[C@@H](C)C2=NCN(CCCn3cnc4ccccc43)N3C(=O)O[C@](C)([C@H](C)OC(=O)C(C)(F)C(=O)[C@H](C)[C@H]1O[C@@H]1O[C@H](C)C[C@H](N(C)C)[C@H]1O)[C@H]3[C@@H]2C. The first-order valence-electron chi connectivity index (χ1n) is 20.1. The summed E-state index contributed by atoms with van der Waals surface area (Å²) in [6.07, 6.45) is -2.41. The van der Waals surface area contributed by atoms with E-state index in [1.165, 1.54) is 14.0 Å². The molecular formula is C41H61FN6O9. The number of amides is 1. The Kier molecular flexibility index (Phi) is 12.3. The lowest BCUT2D eigenvalue weighted by atomic mass is 9.73. The number of hydrogen-bond donors (Lipinski definition) is 1. The number of cyclic esters (lactones) is 1. The molecular weight excluding hydrogens is 739 g/mol. The van der Waals surface area contributed by atoms with E-state index < -0.39 is 77.2 Å². The summed E-state index contributed by atoms with van der Waals surface area (Å²) >= 11 is 0. The fourth-order valence-corrected chi connectivity index (χ4v) is 9.58. The number of aliphatic hydroxyl groups is 1. The van der Waals surface area contributed by atoms with Crippen LogP contribution >= 0.6 is 0 Å². The van der Waals surface area contributed by atoms with Crippen molar-refractivity contribution in [1.29, 1.82) is 0 Å². The second-order valence-electron chi connectivity index (χ2n) is 17.3. The minimum Gasteiger partial charge on any atom is -0.456 e. The van der Waals surface area contributed by atoms with Crippen LogP contribution in [0.25, 0.3) is 11.0 Å². The van der Waals surface area contributed by atoms with E-state index in [1.807, 2.05) is 69.0 Å². The molecule has 1 unspecified atom stereocenters. The van der Waals surface area contributed by atoms with Crippen molar-refractivity contribution < 1.29 is 47.6 Å². The molecule has 2 aromatic rings. The molecule has 13 atom stereocenters. The van der Waals surface area contributed by atoms with Crippen LogP contribution in [-0.2, 0) is 39.8 Å². The lowest BCUT2D eigenvalue weighted by Crippen LogP contribution is -2.62. The number of para-hydroxylation sites is 2. The third kappa shape index (κ3) is 7.85. The second-order valence-corrected chi connectivity index (χ2v) is 17.3. The Balaban J connectivity index is 1.39. The van der Waals surface area contributed by atoms with Crippen LogP contribution in [0.1, 0.15) is 74.7 Å². The Labute approximate surface area is 334 Å². The van der Waals surface area contributed by atoms with Crippen LogP contribution in [0.2, 0.25) is 0 Å². The molecule has 0 spiro atoms. The predicted octanol–water partition coefficient (Wildman–Crippen LogP) is 4.39. The van der Waals surface area contributed by atoms with Gasteiger partial charge >= 0.3 is 12.1 Å². The molecule has 1 N–H and O–H groups in total. The van der Waals surface area contributed by atoms with Gasteiger partial charge in [0.15, 0.2) is 17.7 Å². The van der Waals surface area contributed by atoms with Gasteiger partial charge in [-0.25, -0.2) is 24.0 Å². The van der Waals surface area contributed by atoms with E-state index in [9.17, 15) is 19.5 Å². The number of benzene rings is 1. The first-order chi connectivity index (χ1) is 26.7. The highest BCUT2D eigenvalue weighted by Crippen LogP contribution is 2.44. The molecule has 16 heteroatoms. The average molecular weight is 801 g/mol. The molecule has 4 aliphatic rings. The number of imidazole rings is 1. The van der Waals surface area contributed by atoms with Gasteiger partial charge in [0.25, 0.3) is 5.67 Å². The van der Waals surface area contributed by atoms with Gasteiger partial charge in [0, 0.05) is 43.8 Å². The van der Waals surface area contributed by atoms with Gasteiger partial charge in [0.2, 0.25) is 0 Å². The molecule has 3 fully saturated rings. The van der Waals surface area contributed by atoms with Crippen molar-refractivity contribution in [2.45, 2.75) is 141 Å². The van der Waals surface area contributed by atoms with E-state index in [0.717, 1.165) is 23.7 Å². The number of alkyl halides is 1. The number of hydrazine groups is 1. The summed E-state index contributed by atoms with van der Waals surface area (Å²) < 4.78 is 49.8. The zero-order chi connectivity index (χ0) is 41.8. The number of halogens is 1. The number of aliphatic imine (C=N–C) groups is 1. The molecule has 0 aliphatic carbocycles. The summed E-state index contributed by atoms with van der Waals surface area (Å²) in [7, 11) is 5.19. The number of hydrogen-bond acceptors (Lipinski definition) is 13. The Bertz CT molecular complexity index is 1840. The molecule has 57 heavy (non-hydrogen) atoms. The normalized spacial score (nSPS) is 39.8. The quantitative estimate of drug-likeness (QED) is 0.297. The van der Waals surface area contributed by atoms with Crippen LogP contribution < -0.4 is 0 Å². The number of nitrogens with zero attached hydrogens (tertiary/aromatic N) is 6. The molecule has 1 amide bonds. The summed E-state index contributed by atoms with van der Waals surface area (Å²) in [6.45, 7) is 14.4. The molecule has 0 radical (unpaired) electrons. The van der Waals surface area contributed by atoms with Crippen molar-refractivity contribution in [1.82, 2.24) is 24.5 Å². The topological polar surface area (TPSA) is 157 Å². The van der Waals surface area contributed by atoms with Crippen LogP contribution in [0.3, 0.4) is 0 Å². The maximum Gasteiger partial charge on any atom is 0.425 e. The predicted molar refractivity (Wildman–Crippen MR) is 209 cm³/mol. The number of carbonyl (C=O) groups is 3. The number of aryl methyl sites for hydroxylation is 1. The average Bonchev–Trinajstić information content (AvgIpc) is 3.64. The number of rotatable bonds is 8. The van der Waals surface area contributed by atoms with Crippen LogP contribution in [0.5, 0.6) is 0 Å². The molecule has 1 aromatic carbocycles. The van der Waals surface area contributed by atoms with Crippen molar-refractivity contribution in [3.05, 3.63) is 30.6 Å². The smallest absolute Gasteiger partial charge is 0.425 e. The highest BCUT2D eigenvalue weighted by molar-refractivity contribution is 6.08. The lowest BCUT2D eigenvalue weighted by molar-refractivity contribution is -0.295. The molecule has 1 aromatic heterocycles. The number of likely N-dealkylation sites (N-methyl/N-ethyl adjacent to an activating group) is 1. The molecule has 5 heterocycles. The van der Waals surface area contributed by atoms with E-state index in [0.29, 0.717) is 25.9 Å². The highest BCUT2D eigenvalue weighted by Gasteiger charge is 2.62. The van der Waals surface area contributed by atoms with E-state index in [2.05, 4.69) is 9.55 Å². The first-order valence-corrected chi connectivity index (χ1v) is 20.1. The van der Waals surface area contributed by atoms with Gasteiger partial charge in [-0.2, -0.15) is 5.01 Å². The van der Waals surface area contributed by atoms with Gasteiger partial charge in [0.05, 0.1) is 35.2 Å². The van der Waals surface area contributed by atoms with E-state index >= 15 is 4.39 Å². The zero-order valence-electron chi connectivity index (χ0n) is 35.2. The minimum atomic E-state index is -3.13. The molecule has 2 bridgehead atoms. The zero-order valence-corrected chi connectivity index (χ0v) is 35.2. The van der Waals surface area contributed by atoms with E-state index in [1.54, 1.807) is 32.1 Å². The van der Waals surface area contributed by atoms with Gasteiger partial charge in [-0.1, -0.05) is 32.9 Å². The molecule has 0 saturated carbocycles. The Morgan fingerprint density at radius 2 is 1.74 bits per heavy atom. The Hall–Kier alpha value is -3.54. The third-order valence-corrected chi connectivity index (χ3v) is 13.0. The van der Waals surface area contributed by atoms with Crippen LogP contribution in [0.15, 0.2) is 35.6 Å². The summed E-state index contributed by atoms with van der Waals surface area (Å²) in [5, 5.41) is 14.9.